The van der Waals surface area contributed by atoms with E-state index in [2.05, 4.69) is 41.7 Å². The number of hydrogen-bond donors (Lipinski definition) is 1. The molecule has 4 aromatic carbocycles. The number of carbonyl (C=O) groups is 1. The zero-order chi connectivity index (χ0) is 21.5. The van der Waals surface area contributed by atoms with Gasteiger partial charge in [-0.25, -0.2) is 5.43 Å². The van der Waals surface area contributed by atoms with Crippen molar-refractivity contribution in [3.8, 4) is 5.75 Å². The summed E-state index contributed by atoms with van der Waals surface area (Å²) >= 11 is 1.71. The zero-order valence-electron chi connectivity index (χ0n) is 17.1. The van der Waals surface area contributed by atoms with Crippen molar-refractivity contribution in [1.82, 2.24) is 5.43 Å². The van der Waals surface area contributed by atoms with E-state index in [1.54, 1.807) is 18.0 Å². The lowest BCUT2D eigenvalue weighted by molar-refractivity contribution is -0.123. The fraction of sp³-hybridized carbons (Fsp3) is 0.0769. The molecule has 0 saturated carbocycles. The fourth-order valence-corrected chi connectivity index (χ4v) is 3.86. The van der Waals surface area contributed by atoms with Gasteiger partial charge in [-0.15, -0.1) is 0 Å². The number of hydrazone groups is 1. The molecule has 4 aromatic rings. The standard InChI is InChI=1S/C26H22N2O2S/c1-19-9-13-22(14-10-19)31-23-15-11-20(12-16-23)17-27-28-26(29)18-30-25-8-4-6-21-5-2-3-7-24(21)25/h2-17H,18H2,1H3,(H,28,29)/b27-17+. The molecule has 0 bridgehead atoms. The van der Waals surface area contributed by atoms with Crippen LogP contribution in [0.3, 0.4) is 0 Å². The molecular formula is C26H22N2O2S. The van der Waals surface area contributed by atoms with Gasteiger partial charge >= 0.3 is 0 Å². The van der Waals surface area contributed by atoms with Crippen molar-refractivity contribution in [3.05, 3.63) is 102 Å². The number of ether oxygens (including phenoxy) is 1. The van der Waals surface area contributed by atoms with Crippen LogP contribution in [0.15, 0.2) is 106 Å². The Balaban J connectivity index is 1.28. The maximum Gasteiger partial charge on any atom is 0.277 e. The lowest BCUT2D eigenvalue weighted by Gasteiger charge is -2.08. The lowest BCUT2D eigenvalue weighted by Crippen LogP contribution is -2.24. The number of amides is 1. The molecule has 4 nitrogen and oxygen atoms in total. The van der Waals surface area contributed by atoms with Crippen LogP contribution in [0.1, 0.15) is 11.1 Å². The van der Waals surface area contributed by atoms with Gasteiger partial charge in [0.25, 0.3) is 5.91 Å². The molecule has 1 amide bonds. The molecule has 0 atom stereocenters. The van der Waals surface area contributed by atoms with Gasteiger partial charge in [0.05, 0.1) is 6.21 Å². The topological polar surface area (TPSA) is 50.7 Å². The highest BCUT2D eigenvalue weighted by Gasteiger charge is 2.05. The molecule has 0 spiro atoms. The first-order chi connectivity index (χ1) is 15.2. The third-order valence-corrected chi connectivity index (χ3v) is 5.66. The van der Waals surface area contributed by atoms with E-state index in [1.165, 1.54) is 10.5 Å². The fourth-order valence-electron chi connectivity index (χ4n) is 3.04. The molecule has 1 N–H and O–H groups in total. The van der Waals surface area contributed by atoms with E-state index >= 15 is 0 Å². The summed E-state index contributed by atoms with van der Waals surface area (Å²) in [6, 6.07) is 30.2. The largest absolute Gasteiger partial charge is 0.483 e. The van der Waals surface area contributed by atoms with E-state index < -0.39 is 0 Å². The van der Waals surface area contributed by atoms with E-state index in [4.69, 9.17) is 4.74 Å². The molecule has 0 saturated heterocycles. The SMILES string of the molecule is Cc1ccc(Sc2ccc(/C=N/NC(=O)COc3cccc4ccccc34)cc2)cc1. The van der Waals surface area contributed by atoms with Crippen molar-refractivity contribution >= 4 is 34.7 Å². The second kappa shape index (κ2) is 9.96. The van der Waals surface area contributed by atoms with E-state index in [1.807, 2.05) is 66.7 Å². The Morgan fingerprint density at radius 2 is 1.58 bits per heavy atom. The summed E-state index contributed by atoms with van der Waals surface area (Å²) in [5.41, 5.74) is 4.67. The predicted octanol–water partition coefficient (Wildman–Crippen LogP) is 5.83. The Labute approximate surface area is 186 Å². The smallest absolute Gasteiger partial charge is 0.277 e. The summed E-state index contributed by atoms with van der Waals surface area (Å²) in [5, 5.41) is 6.08. The van der Waals surface area contributed by atoms with Gasteiger partial charge in [0, 0.05) is 15.2 Å². The second-order valence-electron chi connectivity index (χ2n) is 7.04. The van der Waals surface area contributed by atoms with Crippen LogP contribution in [0, 0.1) is 6.92 Å². The molecule has 4 rings (SSSR count). The number of aryl methyl sites for hydroxylation is 1. The van der Waals surface area contributed by atoms with E-state index in [0.29, 0.717) is 5.75 Å². The Morgan fingerprint density at radius 1 is 0.903 bits per heavy atom. The van der Waals surface area contributed by atoms with Crippen molar-refractivity contribution in [2.24, 2.45) is 5.10 Å². The van der Waals surface area contributed by atoms with Gasteiger partial charge in [0.15, 0.2) is 6.61 Å². The minimum absolute atomic E-state index is 0.0997. The maximum atomic E-state index is 12.1. The summed E-state index contributed by atoms with van der Waals surface area (Å²) in [4.78, 5) is 14.4. The van der Waals surface area contributed by atoms with Crippen molar-refractivity contribution < 1.29 is 9.53 Å². The first-order valence-corrected chi connectivity index (χ1v) is 10.8. The van der Waals surface area contributed by atoms with Gasteiger partial charge in [-0.2, -0.15) is 5.10 Å². The molecule has 154 valence electrons. The lowest BCUT2D eigenvalue weighted by atomic mass is 10.1. The first-order valence-electron chi connectivity index (χ1n) is 9.94. The van der Waals surface area contributed by atoms with Gasteiger partial charge in [-0.05, 0) is 48.2 Å². The average molecular weight is 427 g/mol. The molecule has 0 aliphatic rings. The third kappa shape index (κ3) is 5.74. The molecule has 0 aliphatic heterocycles. The molecular weight excluding hydrogens is 404 g/mol. The van der Waals surface area contributed by atoms with Crippen LogP contribution in [0.4, 0.5) is 0 Å². The normalized spacial score (nSPS) is 11.0. The minimum Gasteiger partial charge on any atom is -0.483 e. The van der Waals surface area contributed by atoms with Crippen LogP contribution < -0.4 is 10.2 Å². The molecule has 0 fully saturated rings. The molecule has 0 aromatic heterocycles. The van der Waals surface area contributed by atoms with Crippen molar-refractivity contribution in [2.45, 2.75) is 16.7 Å². The monoisotopic (exact) mass is 426 g/mol. The van der Waals surface area contributed by atoms with Crippen LogP contribution in [0.2, 0.25) is 0 Å². The Hall–Kier alpha value is -3.57. The maximum absolute atomic E-state index is 12.1. The number of carbonyl (C=O) groups excluding carboxylic acids is 1. The zero-order valence-corrected chi connectivity index (χ0v) is 17.9. The Bertz CT molecular complexity index is 1200. The summed E-state index contributed by atoms with van der Waals surface area (Å²) in [7, 11) is 0. The molecule has 0 unspecified atom stereocenters. The van der Waals surface area contributed by atoms with Crippen molar-refractivity contribution in [1.29, 1.82) is 0 Å². The van der Waals surface area contributed by atoms with Gasteiger partial charge in [-0.3, -0.25) is 4.79 Å². The quantitative estimate of drug-likeness (QED) is 0.299. The number of nitrogens with one attached hydrogen (secondary N) is 1. The summed E-state index contributed by atoms with van der Waals surface area (Å²) in [5.74, 6) is 0.370. The van der Waals surface area contributed by atoms with Gasteiger partial charge < -0.3 is 4.74 Å². The van der Waals surface area contributed by atoms with Gasteiger partial charge in [0.2, 0.25) is 0 Å². The number of hydrogen-bond acceptors (Lipinski definition) is 4. The van der Waals surface area contributed by atoms with Gasteiger partial charge in [-0.1, -0.05) is 78.0 Å². The van der Waals surface area contributed by atoms with Crippen LogP contribution in [-0.4, -0.2) is 18.7 Å². The van der Waals surface area contributed by atoms with Crippen LogP contribution in [-0.2, 0) is 4.79 Å². The number of fused-ring (bicyclic) bond motifs is 1. The van der Waals surface area contributed by atoms with Crippen LogP contribution in [0.25, 0.3) is 10.8 Å². The average Bonchev–Trinajstić information content (AvgIpc) is 2.80. The van der Waals surface area contributed by atoms with Crippen LogP contribution in [0.5, 0.6) is 5.75 Å². The predicted molar refractivity (Wildman–Crippen MR) is 127 cm³/mol. The van der Waals surface area contributed by atoms with Crippen molar-refractivity contribution in [2.75, 3.05) is 6.61 Å². The first kappa shape index (κ1) is 20.7. The molecule has 31 heavy (non-hydrogen) atoms. The third-order valence-electron chi connectivity index (χ3n) is 4.65. The highest BCUT2D eigenvalue weighted by atomic mass is 32.2. The van der Waals surface area contributed by atoms with Crippen LogP contribution >= 0.6 is 11.8 Å². The van der Waals surface area contributed by atoms with E-state index in [-0.39, 0.29) is 12.5 Å². The second-order valence-corrected chi connectivity index (χ2v) is 8.19. The van der Waals surface area contributed by atoms with E-state index in [0.717, 1.165) is 21.2 Å². The molecule has 0 aliphatic carbocycles. The Morgan fingerprint density at radius 3 is 2.35 bits per heavy atom. The minimum atomic E-state index is -0.310. The van der Waals surface area contributed by atoms with Gasteiger partial charge in [0.1, 0.15) is 5.75 Å². The highest BCUT2D eigenvalue weighted by Crippen LogP contribution is 2.28. The summed E-state index contributed by atoms with van der Waals surface area (Å²) < 4.78 is 5.67. The molecule has 0 heterocycles. The van der Waals surface area contributed by atoms with Crippen molar-refractivity contribution in [3.63, 3.8) is 0 Å². The highest BCUT2D eigenvalue weighted by molar-refractivity contribution is 7.99. The number of rotatable bonds is 7. The Kier molecular flexibility index (Phi) is 6.65. The number of nitrogens with zero attached hydrogens (tertiary/aromatic N) is 1. The van der Waals surface area contributed by atoms with E-state index in [9.17, 15) is 4.79 Å². The molecule has 0 radical (unpaired) electrons. The summed E-state index contributed by atoms with van der Waals surface area (Å²) in [6.07, 6.45) is 1.62. The summed E-state index contributed by atoms with van der Waals surface area (Å²) in [6.45, 7) is 1.98. The molecule has 5 heteroatoms. The number of benzene rings is 4.